The molecule has 1 aliphatic rings. The standard InChI is InChI=1S/C24H17NO3/c26-18-10-6-16(7-11-18)24(17-8-12-19(27)13-9-17)21-14-5-15-3-1-2-4-20(15)22(21)25-23(24)28/h1-14,26-27H,(H,25,28). The predicted octanol–water partition coefficient (Wildman–Crippen LogP) is 4.54. The van der Waals surface area contributed by atoms with Gasteiger partial charge < -0.3 is 15.5 Å². The van der Waals surface area contributed by atoms with Crippen LogP contribution in [0, 0.1) is 0 Å². The zero-order valence-corrected chi connectivity index (χ0v) is 14.9. The second-order valence-electron chi connectivity index (χ2n) is 7.01. The molecule has 0 fully saturated rings. The van der Waals surface area contributed by atoms with Gasteiger partial charge in [-0.1, -0.05) is 60.7 Å². The molecule has 1 amide bonds. The maximum absolute atomic E-state index is 13.5. The van der Waals surface area contributed by atoms with Crippen molar-refractivity contribution < 1.29 is 15.0 Å². The van der Waals surface area contributed by atoms with Crippen LogP contribution in [0.15, 0.2) is 84.9 Å². The van der Waals surface area contributed by atoms with Crippen molar-refractivity contribution in [3.05, 3.63) is 102 Å². The van der Waals surface area contributed by atoms with Gasteiger partial charge in [0.15, 0.2) is 0 Å². The summed E-state index contributed by atoms with van der Waals surface area (Å²) < 4.78 is 0. The maximum Gasteiger partial charge on any atom is 0.244 e. The van der Waals surface area contributed by atoms with Gasteiger partial charge in [0.2, 0.25) is 5.91 Å². The first-order chi connectivity index (χ1) is 13.6. The molecule has 0 saturated carbocycles. The van der Waals surface area contributed by atoms with Crippen LogP contribution >= 0.6 is 0 Å². The number of benzene rings is 4. The highest BCUT2D eigenvalue weighted by molar-refractivity contribution is 6.17. The van der Waals surface area contributed by atoms with Gasteiger partial charge in [-0.25, -0.2) is 0 Å². The van der Waals surface area contributed by atoms with Gasteiger partial charge in [0.05, 0.1) is 5.69 Å². The Labute approximate surface area is 161 Å². The highest BCUT2D eigenvalue weighted by Gasteiger charge is 2.50. The molecule has 0 saturated heterocycles. The molecule has 5 rings (SSSR count). The number of anilines is 1. The van der Waals surface area contributed by atoms with Crippen molar-refractivity contribution in [3.8, 4) is 11.5 Å². The topological polar surface area (TPSA) is 69.6 Å². The van der Waals surface area contributed by atoms with Gasteiger partial charge in [-0.05, 0) is 40.8 Å². The molecule has 0 radical (unpaired) electrons. The van der Waals surface area contributed by atoms with Crippen molar-refractivity contribution in [3.63, 3.8) is 0 Å². The molecule has 1 heterocycles. The Morgan fingerprint density at radius 2 is 1.25 bits per heavy atom. The summed E-state index contributed by atoms with van der Waals surface area (Å²) in [5.41, 5.74) is 2.09. The van der Waals surface area contributed by atoms with Crippen molar-refractivity contribution in [2.24, 2.45) is 0 Å². The van der Waals surface area contributed by atoms with Gasteiger partial charge in [-0.2, -0.15) is 0 Å². The number of carbonyl (C=O) groups is 1. The Kier molecular flexibility index (Phi) is 3.43. The van der Waals surface area contributed by atoms with Crippen LogP contribution in [0.5, 0.6) is 11.5 Å². The van der Waals surface area contributed by atoms with E-state index in [0.717, 1.165) is 33.2 Å². The molecule has 0 bridgehead atoms. The van der Waals surface area contributed by atoms with Crippen LogP contribution in [0.3, 0.4) is 0 Å². The first kappa shape index (κ1) is 16.4. The van der Waals surface area contributed by atoms with Crippen LogP contribution in [0.4, 0.5) is 5.69 Å². The first-order valence-corrected chi connectivity index (χ1v) is 9.03. The van der Waals surface area contributed by atoms with E-state index in [-0.39, 0.29) is 17.4 Å². The lowest BCUT2D eigenvalue weighted by Crippen LogP contribution is -2.36. The minimum Gasteiger partial charge on any atom is -0.508 e. The number of hydrogen-bond acceptors (Lipinski definition) is 3. The van der Waals surface area contributed by atoms with Gasteiger partial charge >= 0.3 is 0 Å². The molecule has 3 N–H and O–H groups in total. The predicted molar refractivity (Wildman–Crippen MR) is 109 cm³/mol. The molecule has 0 spiro atoms. The summed E-state index contributed by atoms with van der Waals surface area (Å²) in [6.07, 6.45) is 0. The number of fused-ring (bicyclic) bond motifs is 3. The maximum atomic E-state index is 13.5. The summed E-state index contributed by atoms with van der Waals surface area (Å²) >= 11 is 0. The second kappa shape index (κ2) is 5.86. The van der Waals surface area contributed by atoms with Crippen LogP contribution in [-0.2, 0) is 10.2 Å². The summed E-state index contributed by atoms with van der Waals surface area (Å²) in [5, 5.41) is 24.6. The van der Waals surface area contributed by atoms with Crippen molar-refractivity contribution in [2.45, 2.75) is 5.41 Å². The molecule has 28 heavy (non-hydrogen) atoms. The van der Waals surface area contributed by atoms with Gasteiger partial charge in [0.1, 0.15) is 16.9 Å². The molecule has 0 atom stereocenters. The van der Waals surface area contributed by atoms with Crippen molar-refractivity contribution >= 4 is 22.4 Å². The fourth-order valence-electron chi connectivity index (χ4n) is 4.21. The zero-order chi connectivity index (χ0) is 19.3. The summed E-state index contributed by atoms with van der Waals surface area (Å²) in [5.74, 6) is 0.124. The van der Waals surface area contributed by atoms with Crippen LogP contribution in [0.1, 0.15) is 16.7 Å². The summed E-state index contributed by atoms with van der Waals surface area (Å²) in [6, 6.07) is 25.4. The van der Waals surface area contributed by atoms with Gasteiger partial charge in [0.25, 0.3) is 0 Å². The van der Waals surface area contributed by atoms with Crippen molar-refractivity contribution in [1.29, 1.82) is 0 Å². The van der Waals surface area contributed by atoms with E-state index >= 15 is 0 Å². The number of amides is 1. The Balaban J connectivity index is 1.88. The third-order valence-electron chi connectivity index (χ3n) is 5.51. The lowest BCUT2D eigenvalue weighted by atomic mass is 9.70. The fourth-order valence-corrected chi connectivity index (χ4v) is 4.21. The molecule has 0 aromatic heterocycles. The molecule has 1 aliphatic heterocycles. The molecular formula is C24H17NO3. The highest BCUT2D eigenvalue weighted by Crippen LogP contribution is 2.50. The number of nitrogens with one attached hydrogen (secondary N) is 1. The van der Waals surface area contributed by atoms with Crippen molar-refractivity contribution in [1.82, 2.24) is 0 Å². The van der Waals surface area contributed by atoms with Crippen molar-refractivity contribution in [2.75, 3.05) is 5.32 Å². The van der Waals surface area contributed by atoms with E-state index in [9.17, 15) is 15.0 Å². The van der Waals surface area contributed by atoms with Gasteiger partial charge in [0, 0.05) is 10.9 Å². The van der Waals surface area contributed by atoms with E-state index in [1.54, 1.807) is 48.5 Å². The SMILES string of the molecule is O=C1Nc2c(ccc3ccccc23)C1(c1ccc(O)cc1)c1ccc(O)cc1. The zero-order valence-electron chi connectivity index (χ0n) is 14.9. The number of hydrogen-bond donors (Lipinski definition) is 3. The average Bonchev–Trinajstić information content (AvgIpc) is 3.02. The molecule has 0 unspecified atom stereocenters. The van der Waals surface area contributed by atoms with E-state index in [2.05, 4.69) is 5.32 Å². The number of rotatable bonds is 2. The Hall–Kier alpha value is -3.79. The number of phenols is 2. The Morgan fingerprint density at radius 1 is 0.679 bits per heavy atom. The molecule has 136 valence electrons. The Morgan fingerprint density at radius 3 is 1.86 bits per heavy atom. The lowest BCUT2D eigenvalue weighted by molar-refractivity contribution is -0.118. The third kappa shape index (κ3) is 2.15. The number of phenolic OH excluding ortho intramolecular Hbond substituents is 2. The third-order valence-corrected chi connectivity index (χ3v) is 5.51. The average molecular weight is 367 g/mol. The molecule has 4 aromatic rings. The normalized spacial score (nSPS) is 14.6. The van der Waals surface area contributed by atoms with E-state index in [0.29, 0.717) is 0 Å². The monoisotopic (exact) mass is 367 g/mol. The minimum atomic E-state index is -1.07. The molecule has 4 aromatic carbocycles. The van der Waals surface area contributed by atoms with E-state index in [1.807, 2.05) is 36.4 Å². The van der Waals surface area contributed by atoms with Gasteiger partial charge in [-0.15, -0.1) is 0 Å². The van der Waals surface area contributed by atoms with Crippen LogP contribution in [-0.4, -0.2) is 16.1 Å². The fraction of sp³-hybridized carbons (Fsp3) is 0.0417. The van der Waals surface area contributed by atoms with Crippen LogP contribution in [0.2, 0.25) is 0 Å². The van der Waals surface area contributed by atoms with E-state index in [1.165, 1.54) is 0 Å². The second-order valence-corrected chi connectivity index (χ2v) is 7.01. The smallest absolute Gasteiger partial charge is 0.244 e. The highest BCUT2D eigenvalue weighted by atomic mass is 16.3. The van der Waals surface area contributed by atoms with E-state index in [4.69, 9.17) is 0 Å². The summed E-state index contributed by atoms with van der Waals surface area (Å²) in [4.78, 5) is 13.5. The molecular weight excluding hydrogens is 350 g/mol. The molecule has 4 heteroatoms. The largest absolute Gasteiger partial charge is 0.508 e. The number of carbonyl (C=O) groups excluding carboxylic acids is 1. The summed E-state index contributed by atoms with van der Waals surface area (Å²) in [6.45, 7) is 0. The minimum absolute atomic E-state index is 0.141. The molecule has 0 aliphatic carbocycles. The Bertz CT molecular complexity index is 1170. The van der Waals surface area contributed by atoms with Crippen LogP contribution in [0.25, 0.3) is 10.8 Å². The van der Waals surface area contributed by atoms with Gasteiger partial charge in [-0.3, -0.25) is 4.79 Å². The van der Waals surface area contributed by atoms with Crippen LogP contribution < -0.4 is 5.32 Å². The quantitative estimate of drug-likeness (QED) is 0.487. The van der Waals surface area contributed by atoms with E-state index < -0.39 is 5.41 Å². The number of aromatic hydroxyl groups is 2. The first-order valence-electron chi connectivity index (χ1n) is 9.03. The lowest BCUT2D eigenvalue weighted by Gasteiger charge is -2.29. The molecule has 4 nitrogen and oxygen atoms in total. The summed E-state index contributed by atoms with van der Waals surface area (Å²) in [7, 11) is 0.